The van der Waals surface area contributed by atoms with E-state index in [2.05, 4.69) is 20.5 Å². The van der Waals surface area contributed by atoms with Gasteiger partial charge in [0.15, 0.2) is 0 Å². The van der Waals surface area contributed by atoms with E-state index in [1.807, 2.05) is 32.4 Å². The highest BCUT2D eigenvalue weighted by molar-refractivity contribution is 5.73. The summed E-state index contributed by atoms with van der Waals surface area (Å²) in [5.41, 5.74) is 1.11. The molecule has 0 bridgehead atoms. The van der Waals surface area contributed by atoms with Gasteiger partial charge < -0.3 is 15.5 Å². The molecule has 0 radical (unpaired) electrons. The first-order valence-corrected chi connectivity index (χ1v) is 8.71. The van der Waals surface area contributed by atoms with E-state index in [4.69, 9.17) is 0 Å². The quantitative estimate of drug-likeness (QED) is 0.812. The number of nitrogens with zero attached hydrogens (tertiary/aromatic N) is 2. The number of carbonyl (C=O) groups is 1. The fourth-order valence-electron chi connectivity index (χ4n) is 3.57. The minimum atomic E-state index is -0.0596. The van der Waals surface area contributed by atoms with Crippen molar-refractivity contribution in [2.24, 2.45) is 17.8 Å². The molecule has 1 atom stereocenters. The zero-order valence-electron chi connectivity index (χ0n) is 14.2. The first kappa shape index (κ1) is 16.2. The first-order valence-electron chi connectivity index (χ1n) is 8.71. The van der Waals surface area contributed by atoms with E-state index >= 15 is 0 Å². The lowest BCUT2D eigenvalue weighted by molar-refractivity contribution is 0.164. The summed E-state index contributed by atoms with van der Waals surface area (Å²) in [5.74, 6) is 2.66. The Morgan fingerprint density at radius 2 is 2.09 bits per heavy atom. The van der Waals surface area contributed by atoms with Gasteiger partial charge in [-0.15, -0.1) is 0 Å². The molecule has 0 aromatic carbocycles. The summed E-state index contributed by atoms with van der Waals surface area (Å²) in [6.45, 7) is 1.40. The van der Waals surface area contributed by atoms with Gasteiger partial charge in [-0.25, -0.2) is 4.79 Å². The molecule has 2 fully saturated rings. The van der Waals surface area contributed by atoms with Crippen LogP contribution < -0.4 is 10.6 Å². The minimum absolute atomic E-state index is 0.0596. The standard InChI is InChI=1S/C18H28N4O/c1-22(2)17(15-4-3-7-19-11-15)12-21-18(23)20-10-13-8-16(9-13)14-5-6-14/h3-4,7,11,13-14,16-17H,5-6,8-10,12H2,1-2H3,(H2,20,21,23). The van der Waals surface area contributed by atoms with Gasteiger partial charge in [-0.2, -0.15) is 0 Å². The summed E-state index contributed by atoms with van der Waals surface area (Å²) >= 11 is 0. The molecule has 1 heterocycles. The molecule has 0 saturated heterocycles. The van der Waals surface area contributed by atoms with Crippen molar-refractivity contribution in [3.63, 3.8) is 0 Å². The number of pyridine rings is 1. The lowest BCUT2D eigenvalue weighted by atomic mass is 9.72. The van der Waals surface area contributed by atoms with Crippen molar-refractivity contribution in [2.45, 2.75) is 31.7 Å². The molecule has 2 aliphatic carbocycles. The Labute approximate surface area is 138 Å². The van der Waals surface area contributed by atoms with Crippen molar-refractivity contribution in [1.29, 1.82) is 0 Å². The maximum Gasteiger partial charge on any atom is 0.314 e. The van der Waals surface area contributed by atoms with Crippen molar-refractivity contribution in [3.8, 4) is 0 Å². The Morgan fingerprint density at radius 3 is 2.70 bits per heavy atom. The van der Waals surface area contributed by atoms with E-state index in [-0.39, 0.29) is 12.1 Å². The highest BCUT2D eigenvalue weighted by Gasteiger charge is 2.39. The second-order valence-corrected chi connectivity index (χ2v) is 7.29. The van der Waals surface area contributed by atoms with Gasteiger partial charge in [0.2, 0.25) is 0 Å². The number of rotatable bonds is 7. The van der Waals surface area contributed by atoms with Crippen molar-refractivity contribution >= 4 is 6.03 Å². The van der Waals surface area contributed by atoms with E-state index in [9.17, 15) is 4.79 Å². The fraction of sp³-hybridized carbons (Fsp3) is 0.667. The van der Waals surface area contributed by atoms with Gasteiger partial charge in [-0.1, -0.05) is 6.07 Å². The summed E-state index contributed by atoms with van der Waals surface area (Å²) < 4.78 is 0. The van der Waals surface area contributed by atoms with E-state index < -0.39 is 0 Å². The van der Waals surface area contributed by atoms with E-state index in [0.29, 0.717) is 12.5 Å². The maximum absolute atomic E-state index is 12.0. The second kappa shape index (κ2) is 7.30. The molecule has 2 saturated carbocycles. The Bertz CT molecular complexity index is 509. The topological polar surface area (TPSA) is 57.3 Å². The van der Waals surface area contributed by atoms with Crippen LogP contribution in [-0.4, -0.2) is 43.1 Å². The zero-order chi connectivity index (χ0) is 16.2. The lowest BCUT2D eigenvalue weighted by Gasteiger charge is -2.35. The Hall–Kier alpha value is -1.62. The Morgan fingerprint density at radius 1 is 1.30 bits per heavy atom. The van der Waals surface area contributed by atoms with Crippen LogP contribution in [0.3, 0.4) is 0 Å². The number of amides is 2. The third-order valence-corrected chi connectivity index (χ3v) is 5.26. The van der Waals surface area contributed by atoms with E-state index in [1.165, 1.54) is 25.7 Å². The van der Waals surface area contributed by atoms with Gasteiger partial charge in [-0.3, -0.25) is 4.98 Å². The van der Waals surface area contributed by atoms with Crippen LogP contribution >= 0.6 is 0 Å². The van der Waals surface area contributed by atoms with Gasteiger partial charge in [0.1, 0.15) is 0 Å². The van der Waals surface area contributed by atoms with Crippen LogP contribution in [0.4, 0.5) is 4.79 Å². The number of hydrogen-bond donors (Lipinski definition) is 2. The molecule has 1 aromatic heterocycles. The van der Waals surface area contributed by atoms with Crippen LogP contribution in [0.15, 0.2) is 24.5 Å². The summed E-state index contributed by atoms with van der Waals surface area (Å²) in [7, 11) is 4.03. The summed E-state index contributed by atoms with van der Waals surface area (Å²) in [4.78, 5) is 18.3. The average molecular weight is 316 g/mol. The lowest BCUT2D eigenvalue weighted by Crippen LogP contribution is -2.44. The van der Waals surface area contributed by atoms with Crippen LogP contribution in [-0.2, 0) is 0 Å². The fourth-order valence-corrected chi connectivity index (χ4v) is 3.57. The third-order valence-electron chi connectivity index (χ3n) is 5.26. The molecule has 2 N–H and O–H groups in total. The van der Waals surface area contributed by atoms with Crippen LogP contribution in [0.1, 0.15) is 37.3 Å². The molecular formula is C18H28N4O. The number of aromatic nitrogens is 1. The number of hydrogen-bond acceptors (Lipinski definition) is 3. The molecule has 23 heavy (non-hydrogen) atoms. The molecule has 2 aliphatic rings. The molecule has 1 unspecified atom stereocenters. The predicted molar refractivity (Wildman–Crippen MR) is 91.0 cm³/mol. The van der Waals surface area contributed by atoms with Crippen molar-refractivity contribution in [2.75, 3.05) is 27.2 Å². The van der Waals surface area contributed by atoms with Crippen LogP contribution in [0, 0.1) is 17.8 Å². The molecule has 126 valence electrons. The van der Waals surface area contributed by atoms with Gasteiger partial charge in [0.25, 0.3) is 0 Å². The minimum Gasteiger partial charge on any atom is -0.338 e. The number of nitrogens with one attached hydrogen (secondary N) is 2. The van der Waals surface area contributed by atoms with Crippen molar-refractivity contribution in [3.05, 3.63) is 30.1 Å². The zero-order valence-corrected chi connectivity index (χ0v) is 14.2. The van der Waals surface area contributed by atoms with Crippen LogP contribution in [0.2, 0.25) is 0 Å². The monoisotopic (exact) mass is 316 g/mol. The highest BCUT2D eigenvalue weighted by atomic mass is 16.2. The van der Waals surface area contributed by atoms with Gasteiger partial charge in [0, 0.05) is 25.5 Å². The number of likely N-dealkylation sites (N-methyl/N-ethyl adjacent to an activating group) is 1. The van der Waals surface area contributed by atoms with E-state index in [0.717, 1.165) is 23.9 Å². The predicted octanol–water partition coefficient (Wildman–Crippen LogP) is 2.42. The molecular weight excluding hydrogens is 288 g/mol. The molecule has 2 amide bonds. The van der Waals surface area contributed by atoms with Gasteiger partial charge in [0.05, 0.1) is 6.04 Å². The number of urea groups is 1. The molecule has 0 aliphatic heterocycles. The van der Waals surface area contributed by atoms with Crippen LogP contribution in [0.25, 0.3) is 0 Å². The SMILES string of the molecule is CN(C)C(CNC(=O)NCC1CC(C2CC2)C1)c1cccnc1. The maximum atomic E-state index is 12.0. The van der Waals surface area contributed by atoms with Crippen molar-refractivity contribution < 1.29 is 4.79 Å². The molecule has 0 spiro atoms. The third kappa shape index (κ3) is 4.44. The molecule has 1 aromatic rings. The summed E-state index contributed by atoms with van der Waals surface area (Å²) in [5, 5.41) is 6.02. The van der Waals surface area contributed by atoms with E-state index in [1.54, 1.807) is 6.20 Å². The highest BCUT2D eigenvalue weighted by Crippen LogP contribution is 2.49. The molecule has 3 rings (SSSR count). The second-order valence-electron chi connectivity index (χ2n) is 7.29. The number of carbonyl (C=O) groups excluding carboxylic acids is 1. The van der Waals surface area contributed by atoms with Crippen molar-refractivity contribution in [1.82, 2.24) is 20.5 Å². The largest absolute Gasteiger partial charge is 0.338 e. The normalized spacial score (nSPS) is 24.8. The van der Waals surface area contributed by atoms with Gasteiger partial charge >= 0.3 is 6.03 Å². The Balaban J connectivity index is 1.37. The van der Waals surface area contributed by atoms with Gasteiger partial charge in [-0.05, 0) is 69.2 Å². The average Bonchev–Trinajstić information content (AvgIpc) is 3.31. The Kier molecular flexibility index (Phi) is 5.16. The first-order chi connectivity index (χ1) is 11.1. The molecule has 5 heteroatoms. The van der Waals surface area contributed by atoms with Crippen LogP contribution in [0.5, 0.6) is 0 Å². The summed E-state index contributed by atoms with van der Waals surface area (Å²) in [6.07, 6.45) is 9.11. The smallest absolute Gasteiger partial charge is 0.314 e. The molecule has 5 nitrogen and oxygen atoms in total. The summed E-state index contributed by atoms with van der Waals surface area (Å²) in [6, 6.07) is 4.05.